The highest BCUT2D eigenvalue weighted by atomic mass is 32.1. The van der Waals surface area contributed by atoms with Gasteiger partial charge in [-0.15, -0.1) is 10.2 Å². The van der Waals surface area contributed by atoms with Crippen molar-refractivity contribution >= 4 is 22.4 Å². The van der Waals surface area contributed by atoms with Crippen LogP contribution in [0.25, 0.3) is 5.13 Å². The Balaban J connectivity index is 1.25. The van der Waals surface area contributed by atoms with Crippen LogP contribution >= 0.6 is 11.3 Å². The summed E-state index contributed by atoms with van der Waals surface area (Å²) in [5.74, 6) is 0.116. The molecule has 0 atom stereocenters. The van der Waals surface area contributed by atoms with Crippen LogP contribution in [0.5, 0.6) is 0 Å². The third kappa shape index (κ3) is 3.92. The van der Waals surface area contributed by atoms with Crippen LogP contribution in [0.3, 0.4) is 0 Å². The molecule has 29 heavy (non-hydrogen) atoms. The molecule has 0 saturated carbocycles. The van der Waals surface area contributed by atoms with Crippen molar-refractivity contribution in [3.8, 4) is 5.13 Å². The van der Waals surface area contributed by atoms with Gasteiger partial charge < -0.3 is 14.7 Å². The van der Waals surface area contributed by atoms with Gasteiger partial charge in [0.15, 0.2) is 0 Å². The van der Waals surface area contributed by atoms with Crippen LogP contribution in [-0.4, -0.2) is 75.8 Å². The molecule has 0 spiro atoms. The third-order valence-corrected chi connectivity index (χ3v) is 7.60. The average Bonchev–Trinajstić information content (AvgIpc) is 3.54. The van der Waals surface area contributed by atoms with Crippen LogP contribution in [-0.2, 0) is 0 Å². The lowest BCUT2D eigenvalue weighted by molar-refractivity contribution is 0.0583. The number of piperidine rings is 2. The molecule has 3 aliphatic heterocycles. The highest BCUT2D eigenvalue weighted by Gasteiger charge is 2.29. The predicted molar refractivity (Wildman–Crippen MR) is 115 cm³/mol. The summed E-state index contributed by atoms with van der Waals surface area (Å²) in [4.78, 5) is 20.2. The molecule has 0 aromatic carbocycles. The molecule has 0 radical (unpaired) electrons. The fraction of sp³-hybridized carbons (Fsp3) is 0.667. The average molecular weight is 415 g/mol. The zero-order chi connectivity index (χ0) is 19.6. The molecule has 5 heterocycles. The molecule has 8 heteroatoms. The Morgan fingerprint density at radius 1 is 0.897 bits per heavy atom. The molecule has 0 aliphatic carbocycles. The van der Waals surface area contributed by atoms with E-state index in [1.165, 1.54) is 45.2 Å². The second-order valence-electron chi connectivity index (χ2n) is 8.44. The standard InChI is InChI=1S/C21H30N6OS/c28-19(25-15-8-17(9-16-25)24-10-2-1-3-11-24)18-7-6-14-27(18)21-23-22-20(29-21)26-12-4-5-13-26/h6-7,14,17H,1-5,8-13,15-16H2. The smallest absolute Gasteiger partial charge is 0.270 e. The van der Waals surface area contributed by atoms with Gasteiger partial charge in [0.25, 0.3) is 5.91 Å². The van der Waals surface area contributed by atoms with Crippen LogP contribution in [0.1, 0.15) is 55.4 Å². The largest absolute Gasteiger partial charge is 0.347 e. The molecule has 0 N–H and O–H groups in total. The highest BCUT2D eigenvalue weighted by molar-refractivity contribution is 7.17. The fourth-order valence-electron chi connectivity index (χ4n) is 4.94. The summed E-state index contributed by atoms with van der Waals surface area (Å²) in [6.45, 7) is 6.27. The number of nitrogens with zero attached hydrogens (tertiary/aromatic N) is 6. The Hall–Kier alpha value is -1.93. The molecule has 156 valence electrons. The van der Waals surface area contributed by atoms with Crippen molar-refractivity contribution in [2.45, 2.75) is 51.0 Å². The number of amides is 1. The van der Waals surface area contributed by atoms with Crippen molar-refractivity contribution in [2.24, 2.45) is 0 Å². The Morgan fingerprint density at radius 3 is 2.34 bits per heavy atom. The van der Waals surface area contributed by atoms with Gasteiger partial charge in [-0.2, -0.15) is 0 Å². The lowest BCUT2D eigenvalue weighted by Gasteiger charge is -2.40. The van der Waals surface area contributed by atoms with Crippen LogP contribution in [0.15, 0.2) is 18.3 Å². The summed E-state index contributed by atoms with van der Waals surface area (Å²) in [5, 5.41) is 10.5. The van der Waals surface area contributed by atoms with Crippen molar-refractivity contribution in [1.29, 1.82) is 0 Å². The molecule has 3 aliphatic rings. The molecule has 3 saturated heterocycles. The number of carbonyl (C=O) groups excluding carboxylic acids is 1. The van der Waals surface area contributed by atoms with E-state index in [4.69, 9.17) is 0 Å². The monoisotopic (exact) mass is 414 g/mol. The lowest BCUT2D eigenvalue weighted by atomic mass is 10.00. The number of likely N-dealkylation sites (tertiary alicyclic amines) is 2. The van der Waals surface area contributed by atoms with Crippen molar-refractivity contribution in [3.63, 3.8) is 0 Å². The minimum atomic E-state index is 0.116. The normalized spacial score (nSPS) is 21.8. The zero-order valence-electron chi connectivity index (χ0n) is 17.0. The second kappa shape index (κ2) is 8.44. The first-order valence-electron chi connectivity index (χ1n) is 11.1. The molecule has 2 aromatic rings. The summed E-state index contributed by atoms with van der Waals surface area (Å²) in [5.41, 5.74) is 0.700. The molecule has 0 bridgehead atoms. The maximum Gasteiger partial charge on any atom is 0.270 e. The molecular formula is C21H30N6OS. The van der Waals surface area contributed by atoms with Gasteiger partial charge in [0.05, 0.1) is 0 Å². The van der Waals surface area contributed by atoms with Crippen molar-refractivity contribution in [1.82, 2.24) is 24.6 Å². The van der Waals surface area contributed by atoms with Crippen molar-refractivity contribution < 1.29 is 4.79 Å². The molecular weight excluding hydrogens is 384 g/mol. The van der Waals surface area contributed by atoms with E-state index in [-0.39, 0.29) is 5.91 Å². The first-order valence-corrected chi connectivity index (χ1v) is 11.9. The number of carbonyl (C=O) groups is 1. The molecule has 7 nitrogen and oxygen atoms in total. The number of rotatable bonds is 4. The molecule has 1 amide bonds. The number of anilines is 1. The lowest BCUT2D eigenvalue weighted by Crippen LogP contribution is -2.48. The third-order valence-electron chi connectivity index (χ3n) is 6.61. The van der Waals surface area contributed by atoms with E-state index >= 15 is 0 Å². The van der Waals surface area contributed by atoms with Gasteiger partial charge in [0, 0.05) is 38.4 Å². The Kier molecular flexibility index (Phi) is 5.54. The highest BCUT2D eigenvalue weighted by Crippen LogP contribution is 2.28. The number of hydrogen-bond acceptors (Lipinski definition) is 6. The Bertz CT molecular complexity index is 828. The Morgan fingerprint density at radius 2 is 1.59 bits per heavy atom. The van der Waals surface area contributed by atoms with Crippen LogP contribution in [0, 0.1) is 0 Å². The predicted octanol–water partition coefficient (Wildman–Crippen LogP) is 3.02. The minimum Gasteiger partial charge on any atom is -0.347 e. The van der Waals surface area contributed by atoms with Gasteiger partial charge in [-0.25, -0.2) is 0 Å². The van der Waals surface area contributed by atoms with Crippen LogP contribution in [0.4, 0.5) is 5.13 Å². The maximum absolute atomic E-state index is 13.2. The zero-order valence-corrected chi connectivity index (χ0v) is 17.8. The summed E-state index contributed by atoms with van der Waals surface area (Å²) in [6, 6.07) is 4.50. The summed E-state index contributed by atoms with van der Waals surface area (Å²) in [7, 11) is 0. The second-order valence-corrected chi connectivity index (χ2v) is 9.38. The fourth-order valence-corrected chi connectivity index (χ4v) is 5.84. The van der Waals surface area contributed by atoms with E-state index in [2.05, 4.69) is 20.0 Å². The minimum absolute atomic E-state index is 0.116. The van der Waals surface area contributed by atoms with E-state index in [0.717, 1.165) is 49.3 Å². The van der Waals surface area contributed by atoms with E-state index in [1.807, 2.05) is 27.8 Å². The summed E-state index contributed by atoms with van der Waals surface area (Å²) < 4.78 is 1.91. The van der Waals surface area contributed by atoms with Crippen LogP contribution in [0.2, 0.25) is 0 Å². The maximum atomic E-state index is 13.2. The van der Waals surface area contributed by atoms with Gasteiger partial charge >= 0.3 is 0 Å². The summed E-state index contributed by atoms with van der Waals surface area (Å²) >= 11 is 1.57. The van der Waals surface area contributed by atoms with Crippen molar-refractivity contribution in [3.05, 3.63) is 24.0 Å². The quantitative estimate of drug-likeness (QED) is 0.770. The van der Waals surface area contributed by atoms with E-state index in [0.29, 0.717) is 11.7 Å². The van der Waals surface area contributed by atoms with Crippen LogP contribution < -0.4 is 4.90 Å². The molecule has 3 fully saturated rings. The van der Waals surface area contributed by atoms with E-state index in [1.54, 1.807) is 11.3 Å². The van der Waals surface area contributed by atoms with Gasteiger partial charge in [-0.05, 0) is 63.7 Å². The van der Waals surface area contributed by atoms with Gasteiger partial charge in [-0.3, -0.25) is 9.36 Å². The van der Waals surface area contributed by atoms with E-state index in [9.17, 15) is 4.79 Å². The van der Waals surface area contributed by atoms with Gasteiger partial charge in [0.1, 0.15) is 5.69 Å². The first kappa shape index (κ1) is 19.1. The molecule has 5 rings (SSSR count). The molecule has 0 unspecified atom stereocenters. The SMILES string of the molecule is O=C(c1cccn1-c1nnc(N2CCCC2)s1)N1CCC(N2CCCCC2)CC1. The van der Waals surface area contributed by atoms with Gasteiger partial charge in [0.2, 0.25) is 10.3 Å². The van der Waals surface area contributed by atoms with Crippen molar-refractivity contribution in [2.75, 3.05) is 44.2 Å². The first-order chi connectivity index (χ1) is 14.3. The van der Waals surface area contributed by atoms with E-state index < -0.39 is 0 Å². The number of hydrogen-bond donors (Lipinski definition) is 0. The summed E-state index contributed by atoms with van der Waals surface area (Å²) in [6.07, 6.45) is 10.6. The number of aromatic nitrogens is 3. The Labute approximate surface area is 176 Å². The molecule has 2 aromatic heterocycles. The van der Waals surface area contributed by atoms with Gasteiger partial charge in [-0.1, -0.05) is 17.8 Å². The topological polar surface area (TPSA) is 57.5 Å².